The highest BCUT2D eigenvalue weighted by molar-refractivity contribution is 9.11. The van der Waals surface area contributed by atoms with Crippen LogP contribution in [-0.2, 0) is 4.79 Å². The van der Waals surface area contributed by atoms with Crippen molar-refractivity contribution in [3.05, 3.63) is 11.1 Å². The zero-order valence-electron chi connectivity index (χ0n) is 9.68. The summed E-state index contributed by atoms with van der Waals surface area (Å²) in [5.41, 5.74) is 5.29. The Morgan fingerprint density at radius 3 is 2.56 bits per heavy atom. The largest absolute Gasteiger partial charge is 0.370 e. The van der Waals surface area contributed by atoms with Crippen molar-refractivity contribution in [1.29, 1.82) is 0 Å². The Balaban J connectivity index is 2.47. The van der Waals surface area contributed by atoms with Crippen LogP contribution in [0.5, 0.6) is 0 Å². The summed E-state index contributed by atoms with van der Waals surface area (Å²) in [4.78, 5) is 11.0. The molecule has 3 N–H and O–H groups in total. The van der Waals surface area contributed by atoms with Gasteiger partial charge in [0.15, 0.2) is 0 Å². The first kappa shape index (κ1) is 13.7. The number of halogens is 1. The van der Waals surface area contributed by atoms with E-state index in [4.69, 9.17) is 5.73 Å². The molecule has 0 aromatic carbocycles. The third-order valence-corrected chi connectivity index (χ3v) is 3.48. The zero-order chi connectivity index (χ0) is 12.0. The van der Waals surface area contributed by atoms with Gasteiger partial charge in [0.25, 0.3) is 0 Å². The van der Waals surface area contributed by atoms with Crippen LogP contribution in [0.25, 0.3) is 0 Å². The molecule has 0 aromatic heterocycles. The number of rotatable bonds is 6. The quantitative estimate of drug-likeness (QED) is 0.788. The van der Waals surface area contributed by atoms with Gasteiger partial charge in [0.05, 0.1) is 0 Å². The maximum atomic E-state index is 11.0. The van der Waals surface area contributed by atoms with Gasteiger partial charge in [-0.25, -0.2) is 0 Å². The summed E-state index contributed by atoms with van der Waals surface area (Å²) in [5.74, 6) is 0.372. The van der Waals surface area contributed by atoms with Crippen molar-refractivity contribution in [1.82, 2.24) is 5.32 Å². The minimum Gasteiger partial charge on any atom is -0.370 e. The molecule has 1 aliphatic rings. The van der Waals surface area contributed by atoms with Gasteiger partial charge in [-0.1, -0.05) is 41.8 Å². The van der Waals surface area contributed by atoms with E-state index in [2.05, 4.69) is 27.8 Å². The summed E-state index contributed by atoms with van der Waals surface area (Å²) in [6.07, 6.45) is 6.73. The molecule has 0 aliphatic heterocycles. The van der Waals surface area contributed by atoms with Gasteiger partial charge in [0.1, 0.15) is 0 Å². The topological polar surface area (TPSA) is 55.1 Å². The number of hydrogen-bond acceptors (Lipinski definition) is 2. The van der Waals surface area contributed by atoms with E-state index in [1.54, 1.807) is 0 Å². The van der Waals surface area contributed by atoms with Gasteiger partial charge >= 0.3 is 0 Å². The smallest absolute Gasteiger partial charge is 0.218 e. The molecule has 0 aromatic rings. The molecule has 1 aliphatic carbocycles. The number of nitrogens with two attached hydrogens (primary N) is 1. The van der Waals surface area contributed by atoms with Crippen LogP contribution >= 0.6 is 15.9 Å². The first-order valence-corrected chi connectivity index (χ1v) is 6.74. The van der Waals surface area contributed by atoms with Crippen LogP contribution in [0.15, 0.2) is 11.1 Å². The summed E-state index contributed by atoms with van der Waals surface area (Å²) < 4.78 is 0.915. The molecule has 16 heavy (non-hydrogen) atoms. The molecule has 1 atom stereocenters. The van der Waals surface area contributed by atoms with E-state index in [0.29, 0.717) is 18.9 Å². The van der Waals surface area contributed by atoms with E-state index < -0.39 is 0 Å². The van der Waals surface area contributed by atoms with Crippen molar-refractivity contribution in [3.63, 3.8) is 0 Å². The second kappa shape index (κ2) is 7.07. The second-order valence-electron chi connectivity index (χ2n) is 4.57. The van der Waals surface area contributed by atoms with Crippen molar-refractivity contribution in [3.8, 4) is 0 Å². The fraction of sp³-hybridized carbons (Fsp3) is 0.750. The lowest BCUT2D eigenvalue weighted by Gasteiger charge is -2.30. The molecule has 0 heterocycles. The number of primary amides is 1. The summed E-state index contributed by atoms with van der Waals surface area (Å²) in [7, 11) is 0. The Labute approximate surface area is 106 Å². The first-order valence-electron chi connectivity index (χ1n) is 5.94. The van der Waals surface area contributed by atoms with Gasteiger partial charge in [-0.2, -0.15) is 0 Å². The predicted molar refractivity (Wildman–Crippen MR) is 70.2 cm³/mol. The van der Waals surface area contributed by atoms with Gasteiger partial charge < -0.3 is 11.1 Å². The molecule has 1 unspecified atom stereocenters. The minimum atomic E-state index is -0.219. The van der Waals surface area contributed by atoms with Crippen molar-refractivity contribution < 1.29 is 4.79 Å². The molecular weight excluding hydrogens is 268 g/mol. The van der Waals surface area contributed by atoms with E-state index in [0.717, 1.165) is 4.48 Å². The Kier molecular flexibility index (Phi) is 6.06. The molecule has 0 spiro atoms. The summed E-state index contributed by atoms with van der Waals surface area (Å²) in [5, 5.41) is 3.37. The Bertz CT molecular complexity index is 249. The standard InChI is InChI=1S/C12H21BrN2O/c1-9(13)8-15-11(7-12(14)16)10-5-3-2-4-6-10/h10-11,15H,1-8H2,(H2,14,16). The molecule has 1 amide bonds. The van der Waals surface area contributed by atoms with Crippen molar-refractivity contribution in [2.45, 2.75) is 44.6 Å². The van der Waals surface area contributed by atoms with Gasteiger partial charge in [-0.3, -0.25) is 4.79 Å². The Morgan fingerprint density at radius 2 is 2.06 bits per heavy atom. The number of carbonyl (C=O) groups is 1. The van der Waals surface area contributed by atoms with Crippen molar-refractivity contribution >= 4 is 21.8 Å². The second-order valence-corrected chi connectivity index (χ2v) is 5.69. The Morgan fingerprint density at radius 1 is 1.44 bits per heavy atom. The van der Waals surface area contributed by atoms with Crippen molar-refractivity contribution in [2.75, 3.05) is 6.54 Å². The number of hydrogen-bond donors (Lipinski definition) is 2. The normalized spacial score (nSPS) is 19.3. The lowest BCUT2D eigenvalue weighted by molar-refractivity contribution is -0.118. The van der Waals surface area contributed by atoms with Crippen LogP contribution in [0.3, 0.4) is 0 Å². The molecule has 0 bridgehead atoms. The molecule has 0 radical (unpaired) electrons. The molecule has 1 rings (SSSR count). The highest BCUT2D eigenvalue weighted by Gasteiger charge is 2.24. The number of carbonyl (C=O) groups excluding carboxylic acids is 1. The molecule has 3 nitrogen and oxygen atoms in total. The first-order chi connectivity index (χ1) is 7.59. The van der Waals surface area contributed by atoms with Crippen LogP contribution in [-0.4, -0.2) is 18.5 Å². The van der Waals surface area contributed by atoms with Gasteiger partial charge in [0, 0.05) is 23.5 Å². The average Bonchev–Trinajstić information content (AvgIpc) is 2.25. The monoisotopic (exact) mass is 288 g/mol. The number of nitrogens with one attached hydrogen (secondary N) is 1. The van der Waals surface area contributed by atoms with Crippen LogP contribution in [0.4, 0.5) is 0 Å². The Hall–Kier alpha value is -0.350. The highest BCUT2D eigenvalue weighted by Crippen LogP contribution is 2.27. The van der Waals surface area contributed by atoms with E-state index >= 15 is 0 Å². The maximum absolute atomic E-state index is 11.0. The molecule has 4 heteroatoms. The minimum absolute atomic E-state index is 0.215. The summed E-state index contributed by atoms with van der Waals surface area (Å²) in [6.45, 7) is 4.49. The van der Waals surface area contributed by atoms with E-state index in [1.165, 1.54) is 32.1 Å². The van der Waals surface area contributed by atoms with Crippen LogP contribution in [0.1, 0.15) is 38.5 Å². The average molecular weight is 289 g/mol. The van der Waals surface area contributed by atoms with Crippen LogP contribution < -0.4 is 11.1 Å². The third-order valence-electron chi connectivity index (χ3n) is 3.20. The third kappa shape index (κ3) is 5.12. The molecule has 92 valence electrons. The zero-order valence-corrected chi connectivity index (χ0v) is 11.3. The van der Waals surface area contributed by atoms with Gasteiger partial charge in [-0.05, 0) is 18.8 Å². The lowest BCUT2D eigenvalue weighted by Crippen LogP contribution is -2.40. The lowest BCUT2D eigenvalue weighted by atomic mass is 9.82. The fourth-order valence-electron chi connectivity index (χ4n) is 2.40. The van der Waals surface area contributed by atoms with E-state index in [9.17, 15) is 4.79 Å². The SMILES string of the molecule is C=C(Br)CNC(CC(N)=O)C1CCCCC1. The van der Waals surface area contributed by atoms with E-state index in [1.807, 2.05) is 0 Å². The van der Waals surface area contributed by atoms with Gasteiger partial charge in [-0.15, -0.1) is 0 Å². The van der Waals surface area contributed by atoms with Gasteiger partial charge in [0.2, 0.25) is 5.91 Å². The molecule has 1 fully saturated rings. The van der Waals surface area contributed by atoms with Crippen LogP contribution in [0.2, 0.25) is 0 Å². The molecule has 0 saturated heterocycles. The highest BCUT2D eigenvalue weighted by atomic mass is 79.9. The molecular formula is C12H21BrN2O. The molecule has 1 saturated carbocycles. The predicted octanol–water partition coefficient (Wildman–Crippen LogP) is 2.31. The fourth-order valence-corrected chi connectivity index (χ4v) is 2.56. The van der Waals surface area contributed by atoms with Crippen LogP contribution in [0, 0.1) is 5.92 Å². The van der Waals surface area contributed by atoms with E-state index in [-0.39, 0.29) is 11.9 Å². The summed E-state index contributed by atoms with van der Waals surface area (Å²) in [6, 6.07) is 0.215. The summed E-state index contributed by atoms with van der Waals surface area (Å²) >= 11 is 3.32. The maximum Gasteiger partial charge on any atom is 0.218 e. The number of amides is 1. The van der Waals surface area contributed by atoms with Crippen molar-refractivity contribution in [2.24, 2.45) is 11.7 Å².